The van der Waals surface area contributed by atoms with E-state index in [9.17, 15) is 0 Å². The summed E-state index contributed by atoms with van der Waals surface area (Å²) in [6, 6.07) is 64.4. The summed E-state index contributed by atoms with van der Waals surface area (Å²) < 4.78 is 0. The molecule has 0 spiro atoms. The van der Waals surface area contributed by atoms with Gasteiger partial charge in [0.25, 0.3) is 0 Å². The van der Waals surface area contributed by atoms with Crippen molar-refractivity contribution in [1.82, 2.24) is 0 Å². The quantitative estimate of drug-likeness (QED) is 0.123. The van der Waals surface area contributed by atoms with Crippen LogP contribution in [0.15, 0.2) is 176 Å². The largest absolute Gasteiger partial charge is 0.310 e. The van der Waals surface area contributed by atoms with Crippen molar-refractivity contribution >= 4 is 61.9 Å². The number of hydrogen-bond acceptors (Lipinski definition) is 1. The molecule has 1 heteroatoms. The van der Waals surface area contributed by atoms with Crippen LogP contribution in [0.1, 0.15) is 61.1 Å². The molecule has 0 heterocycles. The highest BCUT2D eigenvalue weighted by molar-refractivity contribution is 6.10. The maximum Gasteiger partial charge on any atom is 0.0468 e. The minimum absolute atomic E-state index is 0.000982. The van der Waals surface area contributed by atoms with E-state index in [1.807, 2.05) is 0 Å². The van der Waals surface area contributed by atoms with Crippen LogP contribution in [0.3, 0.4) is 0 Å². The molecule has 2 aliphatic rings. The van der Waals surface area contributed by atoms with E-state index in [1.165, 1.54) is 77.2 Å². The molecule has 264 valence electrons. The van der Waals surface area contributed by atoms with Gasteiger partial charge >= 0.3 is 0 Å². The molecule has 0 aliphatic heterocycles. The molecular formula is C54H43N. The van der Waals surface area contributed by atoms with Crippen molar-refractivity contribution in [3.05, 3.63) is 209 Å². The van der Waals surface area contributed by atoms with Crippen molar-refractivity contribution in [2.45, 2.75) is 38.5 Å². The van der Waals surface area contributed by atoms with Gasteiger partial charge in [-0.25, -0.2) is 0 Å². The Balaban J connectivity index is 0.948. The first kappa shape index (κ1) is 33.2. The number of hydrogen-bond donors (Lipinski definition) is 0. The lowest BCUT2D eigenvalue weighted by Crippen LogP contribution is -2.19. The molecule has 0 N–H and O–H groups in total. The summed E-state index contributed by atoms with van der Waals surface area (Å²) in [6.45, 7) is 9.58. The third-order valence-corrected chi connectivity index (χ3v) is 12.2. The predicted molar refractivity (Wildman–Crippen MR) is 236 cm³/mol. The number of para-hydroxylation sites is 1. The lowest BCUT2D eigenvalue weighted by molar-refractivity contribution is 0.694. The Morgan fingerprint density at radius 2 is 0.891 bits per heavy atom. The molecule has 0 atom stereocenters. The molecule has 0 saturated heterocycles. The van der Waals surface area contributed by atoms with Crippen molar-refractivity contribution in [2.24, 2.45) is 0 Å². The van der Waals surface area contributed by atoms with E-state index < -0.39 is 0 Å². The Morgan fingerprint density at radius 3 is 1.62 bits per heavy atom. The fraction of sp³-hybridized carbons (Fsp3) is 0.111. The molecule has 0 unspecified atom stereocenters. The number of benzene rings is 8. The second kappa shape index (κ2) is 12.6. The molecule has 0 aromatic heterocycles. The number of rotatable bonds is 6. The van der Waals surface area contributed by atoms with Crippen molar-refractivity contribution in [1.29, 1.82) is 0 Å². The van der Waals surface area contributed by atoms with Gasteiger partial charge < -0.3 is 4.90 Å². The first-order chi connectivity index (χ1) is 26.8. The van der Waals surface area contributed by atoms with Crippen LogP contribution in [0, 0.1) is 0 Å². The Labute approximate surface area is 324 Å². The lowest BCUT2D eigenvalue weighted by Gasteiger charge is -2.28. The van der Waals surface area contributed by atoms with Crippen molar-refractivity contribution in [2.75, 3.05) is 4.90 Å². The van der Waals surface area contributed by atoms with Gasteiger partial charge in [0.05, 0.1) is 0 Å². The molecule has 1 nitrogen and oxygen atoms in total. The fourth-order valence-electron chi connectivity index (χ4n) is 9.45. The van der Waals surface area contributed by atoms with E-state index in [-0.39, 0.29) is 10.8 Å². The third kappa shape index (κ3) is 5.37. The SMILES string of the molecule is CC1(C)C2=C(c3ccccc31)C(C)(C)c1cc(/C=C/c3ccc4c(ccc5cc(N(c6ccccc6)c6ccc(-c7ccccc7)cc6)ccc54)c3)ccc12. The van der Waals surface area contributed by atoms with Gasteiger partial charge in [-0.05, 0) is 120 Å². The first-order valence-corrected chi connectivity index (χ1v) is 19.4. The highest BCUT2D eigenvalue weighted by Gasteiger charge is 2.49. The van der Waals surface area contributed by atoms with E-state index in [1.54, 1.807) is 0 Å². The summed E-state index contributed by atoms with van der Waals surface area (Å²) >= 11 is 0. The van der Waals surface area contributed by atoms with Crippen LogP contribution < -0.4 is 4.90 Å². The predicted octanol–water partition coefficient (Wildman–Crippen LogP) is 14.8. The Morgan fingerprint density at radius 1 is 0.382 bits per heavy atom. The summed E-state index contributed by atoms with van der Waals surface area (Å²) in [4.78, 5) is 2.34. The third-order valence-electron chi connectivity index (χ3n) is 12.2. The minimum atomic E-state index is -0.0482. The number of allylic oxidation sites excluding steroid dienone is 2. The van der Waals surface area contributed by atoms with Crippen LogP contribution in [0.4, 0.5) is 17.1 Å². The number of nitrogens with zero attached hydrogens (tertiary/aromatic N) is 1. The van der Waals surface area contributed by atoms with Gasteiger partial charge in [-0.3, -0.25) is 0 Å². The van der Waals surface area contributed by atoms with Crippen molar-refractivity contribution in [3.63, 3.8) is 0 Å². The minimum Gasteiger partial charge on any atom is -0.310 e. The maximum atomic E-state index is 2.42. The smallest absolute Gasteiger partial charge is 0.0468 e. The van der Waals surface area contributed by atoms with Crippen LogP contribution in [0.2, 0.25) is 0 Å². The normalized spacial score (nSPS) is 15.1. The standard InChI is InChI=1S/C54H43N/c1-53(2)49-18-12-11-17-47(49)51-52(53)48-31-22-37(34-50(48)54(51,3)4)20-19-36-21-30-45-40(33-36)23-24-41-35-44(29-32-46(41)45)55(42-15-9-6-10-16-42)43-27-25-39(26-28-43)38-13-7-5-8-14-38/h5-35H,1-4H3/b20-19+. The molecule has 0 bridgehead atoms. The van der Waals surface area contributed by atoms with E-state index in [0.717, 1.165) is 17.1 Å². The Hall–Kier alpha value is -6.44. The molecule has 55 heavy (non-hydrogen) atoms. The summed E-state index contributed by atoms with van der Waals surface area (Å²) in [5.74, 6) is 0. The van der Waals surface area contributed by atoms with E-state index in [4.69, 9.17) is 0 Å². The zero-order chi connectivity index (χ0) is 37.3. The van der Waals surface area contributed by atoms with Crippen LogP contribution >= 0.6 is 0 Å². The average molecular weight is 706 g/mol. The summed E-state index contributed by atoms with van der Waals surface area (Å²) in [7, 11) is 0. The molecule has 10 rings (SSSR count). The topological polar surface area (TPSA) is 3.24 Å². The van der Waals surface area contributed by atoms with Crippen LogP contribution in [0.25, 0.3) is 56.0 Å². The molecule has 0 saturated carbocycles. The molecule has 0 fully saturated rings. The number of fused-ring (bicyclic) bond motifs is 7. The van der Waals surface area contributed by atoms with E-state index >= 15 is 0 Å². The maximum absolute atomic E-state index is 2.42. The second-order valence-electron chi connectivity index (χ2n) is 16.2. The zero-order valence-corrected chi connectivity index (χ0v) is 31.8. The molecule has 0 amide bonds. The molecule has 0 radical (unpaired) electrons. The van der Waals surface area contributed by atoms with Gasteiger partial charge in [-0.2, -0.15) is 0 Å². The van der Waals surface area contributed by atoms with Gasteiger partial charge in [0.2, 0.25) is 0 Å². The Kier molecular flexibility index (Phi) is 7.58. The monoisotopic (exact) mass is 705 g/mol. The average Bonchev–Trinajstić information content (AvgIpc) is 3.62. The van der Waals surface area contributed by atoms with Gasteiger partial charge in [0.15, 0.2) is 0 Å². The van der Waals surface area contributed by atoms with Crippen LogP contribution in [-0.4, -0.2) is 0 Å². The summed E-state index contributed by atoms with van der Waals surface area (Å²) in [5, 5.41) is 5.00. The van der Waals surface area contributed by atoms with E-state index in [2.05, 4.69) is 221 Å². The molecule has 8 aromatic carbocycles. The van der Waals surface area contributed by atoms with E-state index in [0.29, 0.717) is 0 Å². The summed E-state index contributed by atoms with van der Waals surface area (Å²) in [6.07, 6.45) is 4.54. The number of anilines is 3. The van der Waals surface area contributed by atoms with Crippen molar-refractivity contribution < 1.29 is 0 Å². The summed E-state index contributed by atoms with van der Waals surface area (Å²) in [5.41, 5.74) is 16.9. The molecular weight excluding hydrogens is 663 g/mol. The van der Waals surface area contributed by atoms with Crippen LogP contribution in [-0.2, 0) is 10.8 Å². The lowest BCUT2D eigenvalue weighted by atomic mass is 9.75. The highest BCUT2D eigenvalue weighted by Crippen LogP contribution is 2.62. The molecule has 2 aliphatic carbocycles. The second-order valence-corrected chi connectivity index (χ2v) is 16.2. The highest BCUT2D eigenvalue weighted by atomic mass is 15.1. The van der Waals surface area contributed by atoms with Gasteiger partial charge in [0, 0.05) is 27.9 Å². The van der Waals surface area contributed by atoms with Gasteiger partial charge in [0.1, 0.15) is 0 Å². The first-order valence-electron chi connectivity index (χ1n) is 19.4. The van der Waals surface area contributed by atoms with Crippen molar-refractivity contribution in [3.8, 4) is 11.1 Å². The van der Waals surface area contributed by atoms with Gasteiger partial charge in [-0.15, -0.1) is 0 Å². The van der Waals surface area contributed by atoms with Gasteiger partial charge in [-0.1, -0.05) is 173 Å². The fourth-order valence-corrected chi connectivity index (χ4v) is 9.45. The Bertz CT molecular complexity index is 2840. The molecule has 8 aromatic rings. The zero-order valence-electron chi connectivity index (χ0n) is 31.8. The van der Waals surface area contributed by atoms with Crippen LogP contribution in [0.5, 0.6) is 0 Å².